The van der Waals surface area contributed by atoms with E-state index in [4.69, 9.17) is 11.6 Å². The fourth-order valence-electron chi connectivity index (χ4n) is 2.28. The van der Waals surface area contributed by atoms with E-state index in [2.05, 4.69) is 31.1 Å². The number of carbonyl (C=O) groups is 1. The fraction of sp³-hybridized carbons (Fsp3) is 0.125. The van der Waals surface area contributed by atoms with Crippen LogP contribution in [0.2, 0.25) is 5.02 Å². The number of aromatic nitrogens is 2. The van der Waals surface area contributed by atoms with Gasteiger partial charge in [-0.3, -0.25) is 9.52 Å². The molecule has 0 aliphatic carbocycles. The summed E-state index contributed by atoms with van der Waals surface area (Å²) >= 11 is 9.25. The highest BCUT2D eigenvalue weighted by atomic mass is 79.9. The molecule has 0 atom stereocenters. The molecule has 10 heteroatoms. The summed E-state index contributed by atoms with van der Waals surface area (Å²) in [6.45, 7) is -0.0497. The molecule has 2 heterocycles. The molecule has 0 bridgehead atoms. The predicted molar refractivity (Wildman–Crippen MR) is 104 cm³/mol. The SMILES string of the molecule is O=C(NCCS(=O)(=O)Nc1ccn2nccc2c1)c1cc(Br)ccc1Cl. The molecule has 1 aromatic carbocycles. The zero-order valence-corrected chi connectivity index (χ0v) is 16.5. The Kier molecular flexibility index (Phi) is 5.49. The van der Waals surface area contributed by atoms with Crippen molar-refractivity contribution in [3.8, 4) is 0 Å². The molecular weight excluding hydrogens is 444 g/mol. The highest BCUT2D eigenvalue weighted by Gasteiger charge is 2.14. The predicted octanol–water partition coefficient (Wildman–Crippen LogP) is 2.92. The summed E-state index contributed by atoms with van der Waals surface area (Å²) in [6, 6.07) is 9.92. The smallest absolute Gasteiger partial charge is 0.252 e. The molecule has 0 radical (unpaired) electrons. The number of fused-ring (bicyclic) bond motifs is 1. The second-order valence-electron chi connectivity index (χ2n) is 5.42. The van der Waals surface area contributed by atoms with Gasteiger partial charge in [0, 0.05) is 23.4 Å². The molecule has 0 saturated carbocycles. The topological polar surface area (TPSA) is 92.6 Å². The summed E-state index contributed by atoms with van der Waals surface area (Å²) in [4.78, 5) is 12.1. The van der Waals surface area contributed by atoms with E-state index in [0.29, 0.717) is 15.2 Å². The first-order valence-corrected chi connectivity index (χ1v) is 10.3. The van der Waals surface area contributed by atoms with Gasteiger partial charge in [-0.25, -0.2) is 12.9 Å². The number of nitrogens with one attached hydrogen (secondary N) is 2. The minimum absolute atomic E-state index is 0.0497. The molecule has 0 spiro atoms. The van der Waals surface area contributed by atoms with E-state index < -0.39 is 15.9 Å². The maximum absolute atomic E-state index is 12.2. The van der Waals surface area contributed by atoms with E-state index in [-0.39, 0.29) is 17.9 Å². The maximum Gasteiger partial charge on any atom is 0.252 e. The molecule has 0 fully saturated rings. The zero-order valence-electron chi connectivity index (χ0n) is 13.3. The van der Waals surface area contributed by atoms with Gasteiger partial charge in [-0.1, -0.05) is 27.5 Å². The van der Waals surface area contributed by atoms with Gasteiger partial charge in [0.2, 0.25) is 10.0 Å². The van der Waals surface area contributed by atoms with Gasteiger partial charge in [0.25, 0.3) is 5.91 Å². The van der Waals surface area contributed by atoms with Crippen LogP contribution in [0.3, 0.4) is 0 Å². The lowest BCUT2D eigenvalue weighted by atomic mass is 10.2. The first-order chi connectivity index (χ1) is 12.3. The van der Waals surface area contributed by atoms with Crippen molar-refractivity contribution in [1.29, 1.82) is 0 Å². The Balaban J connectivity index is 1.59. The lowest BCUT2D eigenvalue weighted by Gasteiger charge is -2.10. The standard InChI is InChI=1S/C16H14BrClN4O3S/c17-11-1-2-15(18)14(9-11)16(23)19-6-8-26(24,25)21-12-4-7-22-13(10-12)3-5-20-22/h1-5,7,9-10,21H,6,8H2,(H,19,23). The molecule has 1 amide bonds. The van der Waals surface area contributed by atoms with Crippen LogP contribution >= 0.6 is 27.5 Å². The van der Waals surface area contributed by atoms with Crippen molar-refractivity contribution in [2.75, 3.05) is 17.0 Å². The number of pyridine rings is 1. The number of halogens is 2. The number of anilines is 1. The summed E-state index contributed by atoms with van der Waals surface area (Å²) in [6.07, 6.45) is 3.28. The number of hydrogen-bond acceptors (Lipinski definition) is 4. The van der Waals surface area contributed by atoms with Gasteiger partial charge in [0.1, 0.15) is 0 Å². The van der Waals surface area contributed by atoms with Gasteiger partial charge in [-0.05, 0) is 36.4 Å². The van der Waals surface area contributed by atoms with Gasteiger partial charge in [0.05, 0.1) is 27.5 Å². The number of hydrogen-bond donors (Lipinski definition) is 2. The number of benzene rings is 1. The van der Waals surface area contributed by atoms with Crippen molar-refractivity contribution in [3.05, 3.63) is 63.9 Å². The van der Waals surface area contributed by atoms with Crippen molar-refractivity contribution in [2.45, 2.75) is 0 Å². The Morgan fingerprint density at radius 3 is 2.85 bits per heavy atom. The number of nitrogens with zero attached hydrogens (tertiary/aromatic N) is 2. The molecule has 0 saturated heterocycles. The first-order valence-electron chi connectivity index (χ1n) is 7.51. The van der Waals surface area contributed by atoms with Gasteiger partial charge >= 0.3 is 0 Å². The number of carbonyl (C=O) groups excluding carboxylic acids is 1. The molecule has 136 valence electrons. The van der Waals surface area contributed by atoms with E-state index in [1.165, 1.54) is 0 Å². The van der Waals surface area contributed by atoms with Crippen LogP contribution in [-0.2, 0) is 10.0 Å². The Morgan fingerprint density at radius 1 is 1.23 bits per heavy atom. The molecular formula is C16H14BrClN4O3S. The minimum atomic E-state index is -3.62. The lowest BCUT2D eigenvalue weighted by Crippen LogP contribution is -2.31. The molecule has 0 aliphatic rings. The molecule has 0 unspecified atom stereocenters. The number of rotatable bonds is 6. The van der Waals surface area contributed by atoms with Crippen molar-refractivity contribution in [1.82, 2.24) is 14.9 Å². The largest absolute Gasteiger partial charge is 0.351 e. The normalized spacial score (nSPS) is 11.5. The summed E-state index contributed by atoms with van der Waals surface area (Å²) in [5.41, 5.74) is 1.47. The third-order valence-corrected chi connectivity index (χ3v) is 5.61. The van der Waals surface area contributed by atoms with Crippen LogP contribution in [0.15, 0.2) is 53.3 Å². The van der Waals surface area contributed by atoms with Crippen molar-refractivity contribution in [2.24, 2.45) is 0 Å². The van der Waals surface area contributed by atoms with Crippen molar-refractivity contribution < 1.29 is 13.2 Å². The fourth-order valence-corrected chi connectivity index (χ4v) is 3.80. The number of sulfonamides is 1. The van der Waals surface area contributed by atoms with Gasteiger partial charge < -0.3 is 5.32 Å². The summed E-state index contributed by atoms with van der Waals surface area (Å²) in [5.74, 6) is -0.707. The lowest BCUT2D eigenvalue weighted by molar-refractivity contribution is 0.0956. The van der Waals surface area contributed by atoms with E-state index in [9.17, 15) is 13.2 Å². The summed E-state index contributed by atoms with van der Waals surface area (Å²) in [7, 11) is -3.62. The minimum Gasteiger partial charge on any atom is -0.351 e. The van der Waals surface area contributed by atoms with E-state index in [1.807, 2.05) is 0 Å². The van der Waals surface area contributed by atoms with Crippen LogP contribution in [-0.4, -0.2) is 36.2 Å². The third-order valence-electron chi connectivity index (χ3n) is 3.50. The summed E-state index contributed by atoms with van der Waals surface area (Å²) < 4.78 is 29.2. The van der Waals surface area contributed by atoms with E-state index >= 15 is 0 Å². The Labute approximate surface area is 163 Å². The van der Waals surface area contributed by atoms with Crippen LogP contribution in [0.25, 0.3) is 5.52 Å². The van der Waals surface area contributed by atoms with Gasteiger partial charge in [-0.15, -0.1) is 0 Å². The summed E-state index contributed by atoms with van der Waals surface area (Å²) in [5, 5.41) is 6.89. The van der Waals surface area contributed by atoms with E-state index in [1.54, 1.807) is 53.3 Å². The third kappa shape index (κ3) is 4.54. The van der Waals surface area contributed by atoms with Crippen molar-refractivity contribution in [3.63, 3.8) is 0 Å². The second kappa shape index (κ2) is 7.65. The maximum atomic E-state index is 12.2. The average Bonchev–Trinajstić information content (AvgIpc) is 3.04. The monoisotopic (exact) mass is 456 g/mol. The Hall–Kier alpha value is -2.10. The van der Waals surface area contributed by atoms with Crippen molar-refractivity contribution >= 4 is 54.7 Å². The molecule has 2 N–H and O–H groups in total. The van der Waals surface area contributed by atoms with Crippen LogP contribution in [0.4, 0.5) is 5.69 Å². The molecule has 7 nitrogen and oxygen atoms in total. The molecule has 0 aliphatic heterocycles. The van der Waals surface area contributed by atoms with Crippen LogP contribution < -0.4 is 10.0 Å². The Bertz CT molecular complexity index is 1070. The average molecular weight is 458 g/mol. The first kappa shape index (κ1) is 18.7. The van der Waals surface area contributed by atoms with Gasteiger partial charge in [0.15, 0.2) is 0 Å². The second-order valence-corrected chi connectivity index (χ2v) is 8.58. The van der Waals surface area contributed by atoms with Crippen LogP contribution in [0, 0.1) is 0 Å². The molecule has 26 heavy (non-hydrogen) atoms. The van der Waals surface area contributed by atoms with E-state index in [0.717, 1.165) is 5.52 Å². The van der Waals surface area contributed by atoms with Gasteiger partial charge in [-0.2, -0.15) is 5.10 Å². The highest BCUT2D eigenvalue weighted by molar-refractivity contribution is 9.10. The van der Waals surface area contributed by atoms with Crippen LogP contribution in [0.5, 0.6) is 0 Å². The Morgan fingerprint density at radius 2 is 2.04 bits per heavy atom. The quantitative estimate of drug-likeness (QED) is 0.595. The van der Waals surface area contributed by atoms with Crippen LogP contribution in [0.1, 0.15) is 10.4 Å². The highest BCUT2D eigenvalue weighted by Crippen LogP contribution is 2.20. The molecule has 3 aromatic rings. The number of amides is 1. The molecule has 3 rings (SSSR count). The molecule has 2 aromatic heterocycles. The zero-order chi connectivity index (χ0) is 18.7.